The molecule has 0 saturated heterocycles. The van der Waals surface area contributed by atoms with Crippen LogP contribution in [0.5, 0.6) is 0 Å². The number of unbranched alkanes of at least 4 members (excludes halogenated alkanes) is 1. The minimum atomic E-state index is -0.329. The first-order valence-corrected chi connectivity index (χ1v) is 3.19. The van der Waals surface area contributed by atoms with E-state index in [1.54, 1.807) is 0 Å². The first-order chi connectivity index (χ1) is 4.63. The van der Waals surface area contributed by atoms with E-state index in [0.29, 0.717) is 25.7 Å². The van der Waals surface area contributed by atoms with Crippen molar-refractivity contribution in [3.8, 4) is 0 Å². The van der Waals surface area contributed by atoms with Crippen LogP contribution in [0, 0.1) is 0 Å². The van der Waals surface area contributed by atoms with E-state index in [9.17, 15) is 9.59 Å². The number of hydrogen-bond donors (Lipinski definition) is 2. The maximum atomic E-state index is 10.2. The molecular formula is C6H12N2NaO2. The number of carbonyl (C=O) groups excluding carboxylic acids is 2. The van der Waals surface area contributed by atoms with Crippen molar-refractivity contribution in [2.75, 3.05) is 0 Å². The second-order valence-electron chi connectivity index (χ2n) is 2.14. The molecule has 0 unspecified atom stereocenters. The fourth-order valence-corrected chi connectivity index (χ4v) is 0.598. The Morgan fingerprint density at radius 1 is 0.909 bits per heavy atom. The molecule has 0 aliphatic carbocycles. The van der Waals surface area contributed by atoms with Gasteiger partial charge in [-0.1, -0.05) is 0 Å². The Hall–Kier alpha value is -0.0600. The summed E-state index contributed by atoms with van der Waals surface area (Å²) in [5.41, 5.74) is 9.71. The van der Waals surface area contributed by atoms with E-state index in [1.807, 2.05) is 0 Å². The van der Waals surface area contributed by atoms with Crippen LogP contribution < -0.4 is 11.5 Å². The maximum Gasteiger partial charge on any atom is 0.217 e. The molecule has 0 bridgehead atoms. The van der Waals surface area contributed by atoms with Gasteiger partial charge in [-0.3, -0.25) is 9.59 Å². The first kappa shape index (κ1) is 13.5. The molecule has 59 valence electrons. The third-order valence-electron chi connectivity index (χ3n) is 1.10. The van der Waals surface area contributed by atoms with Crippen LogP contribution in [0.1, 0.15) is 25.7 Å². The van der Waals surface area contributed by atoms with E-state index in [-0.39, 0.29) is 41.4 Å². The number of primary amides is 2. The van der Waals surface area contributed by atoms with Crippen LogP contribution in [0.4, 0.5) is 0 Å². The molecule has 0 aliphatic heterocycles. The second kappa shape index (κ2) is 8.04. The van der Waals surface area contributed by atoms with Gasteiger partial charge in [0, 0.05) is 42.4 Å². The van der Waals surface area contributed by atoms with Crippen molar-refractivity contribution in [1.82, 2.24) is 0 Å². The summed E-state index contributed by atoms with van der Waals surface area (Å²) in [6.45, 7) is 0. The van der Waals surface area contributed by atoms with Gasteiger partial charge in [-0.15, -0.1) is 0 Å². The van der Waals surface area contributed by atoms with Crippen LogP contribution in [-0.2, 0) is 9.59 Å². The first-order valence-electron chi connectivity index (χ1n) is 3.19. The molecule has 5 heteroatoms. The quantitative estimate of drug-likeness (QED) is 0.412. The van der Waals surface area contributed by atoms with Gasteiger partial charge in [-0.25, -0.2) is 0 Å². The minimum Gasteiger partial charge on any atom is -0.370 e. The molecule has 0 spiro atoms. The zero-order valence-electron chi connectivity index (χ0n) is 6.80. The summed E-state index contributed by atoms with van der Waals surface area (Å²) >= 11 is 0. The van der Waals surface area contributed by atoms with Gasteiger partial charge in [0.1, 0.15) is 0 Å². The van der Waals surface area contributed by atoms with Crippen molar-refractivity contribution in [3.05, 3.63) is 0 Å². The molecule has 0 aromatic heterocycles. The van der Waals surface area contributed by atoms with Crippen molar-refractivity contribution < 1.29 is 9.59 Å². The number of carbonyl (C=O) groups is 2. The van der Waals surface area contributed by atoms with Crippen LogP contribution in [0.15, 0.2) is 0 Å². The summed E-state index contributed by atoms with van der Waals surface area (Å²) in [5, 5.41) is 0. The van der Waals surface area contributed by atoms with Gasteiger partial charge in [0.25, 0.3) is 0 Å². The molecule has 0 fully saturated rings. The number of amides is 2. The molecule has 0 saturated carbocycles. The van der Waals surface area contributed by atoms with Crippen LogP contribution in [-0.4, -0.2) is 41.4 Å². The standard InChI is InChI=1S/C6H12N2O2.Na/c7-5(9)3-1-2-4-6(8)10;/h1-4H2,(H2,7,9)(H2,8,10);. The van der Waals surface area contributed by atoms with E-state index in [4.69, 9.17) is 11.5 Å². The van der Waals surface area contributed by atoms with Gasteiger partial charge < -0.3 is 11.5 Å². The Labute approximate surface area is 88.0 Å². The van der Waals surface area contributed by atoms with Gasteiger partial charge in [-0.05, 0) is 12.8 Å². The summed E-state index contributed by atoms with van der Waals surface area (Å²) in [6.07, 6.45) is 1.98. The Kier molecular flexibility index (Phi) is 9.89. The summed E-state index contributed by atoms with van der Waals surface area (Å²) in [7, 11) is 0. The van der Waals surface area contributed by atoms with Gasteiger partial charge >= 0.3 is 0 Å². The maximum absolute atomic E-state index is 10.2. The van der Waals surface area contributed by atoms with Crippen molar-refractivity contribution in [2.45, 2.75) is 25.7 Å². The van der Waals surface area contributed by atoms with Gasteiger partial charge in [0.05, 0.1) is 0 Å². The third-order valence-corrected chi connectivity index (χ3v) is 1.10. The van der Waals surface area contributed by atoms with Crippen molar-refractivity contribution >= 4 is 41.4 Å². The average molecular weight is 167 g/mol. The van der Waals surface area contributed by atoms with E-state index in [1.165, 1.54) is 0 Å². The van der Waals surface area contributed by atoms with Crippen LogP contribution in [0.3, 0.4) is 0 Å². The van der Waals surface area contributed by atoms with Crippen LogP contribution in [0.25, 0.3) is 0 Å². The number of hydrogen-bond acceptors (Lipinski definition) is 2. The summed E-state index contributed by atoms with van der Waals surface area (Å²) in [4.78, 5) is 20.3. The van der Waals surface area contributed by atoms with Crippen LogP contribution >= 0.6 is 0 Å². The van der Waals surface area contributed by atoms with E-state index < -0.39 is 0 Å². The molecule has 4 nitrogen and oxygen atoms in total. The topological polar surface area (TPSA) is 86.2 Å². The average Bonchev–Trinajstić information content (AvgIpc) is 1.79. The predicted octanol–water partition coefficient (Wildman–Crippen LogP) is -0.863. The van der Waals surface area contributed by atoms with E-state index in [2.05, 4.69) is 0 Å². The smallest absolute Gasteiger partial charge is 0.217 e. The summed E-state index contributed by atoms with van der Waals surface area (Å²) < 4.78 is 0. The van der Waals surface area contributed by atoms with Crippen molar-refractivity contribution in [1.29, 1.82) is 0 Å². The molecule has 0 rings (SSSR count). The Balaban J connectivity index is 0. The molecule has 11 heavy (non-hydrogen) atoms. The van der Waals surface area contributed by atoms with Gasteiger partial charge in [0.2, 0.25) is 11.8 Å². The molecule has 1 radical (unpaired) electrons. The molecule has 2 amide bonds. The van der Waals surface area contributed by atoms with E-state index in [0.717, 1.165) is 0 Å². The van der Waals surface area contributed by atoms with E-state index >= 15 is 0 Å². The zero-order chi connectivity index (χ0) is 7.98. The second-order valence-corrected chi connectivity index (χ2v) is 2.14. The molecular weight excluding hydrogens is 155 g/mol. The zero-order valence-corrected chi connectivity index (χ0v) is 8.80. The van der Waals surface area contributed by atoms with Crippen LogP contribution in [0.2, 0.25) is 0 Å². The third kappa shape index (κ3) is 13.0. The molecule has 0 atom stereocenters. The Morgan fingerprint density at radius 2 is 1.18 bits per heavy atom. The fraction of sp³-hybridized carbons (Fsp3) is 0.667. The van der Waals surface area contributed by atoms with Gasteiger partial charge in [-0.2, -0.15) is 0 Å². The molecule has 0 aromatic rings. The fourth-order valence-electron chi connectivity index (χ4n) is 0.598. The molecule has 4 N–H and O–H groups in total. The van der Waals surface area contributed by atoms with Gasteiger partial charge in [0.15, 0.2) is 0 Å². The number of nitrogens with two attached hydrogens (primary N) is 2. The normalized spacial score (nSPS) is 8.36. The largest absolute Gasteiger partial charge is 0.370 e. The predicted molar refractivity (Wildman–Crippen MR) is 42.6 cm³/mol. The molecule has 0 heterocycles. The summed E-state index contributed by atoms with van der Waals surface area (Å²) in [5.74, 6) is -0.658. The SMILES string of the molecule is NC(=O)CCCCC(N)=O.[Na]. The Bertz CT molecular complexity index is 123. The Morgan fingerprint density at radius 3 is 1.36 bits per heavy atom. The number of rotatable bonds is 5. The minimum absolute atomic E-state index is 0. The summed E-state index contributed by atoms with van der Waals surface area (Å²) in [6, 6.07) is 0. The van der Waals surface area contributed by atoms with Crippen molar-refractivity contribution in [3.63, 3.8) is 0 Å². The molecule has 0 aliphatic rings. The monoisotopic (exact) mass is 167 g/mol. The molecule has 0 aromatic carbocycles. The van der Waals surface area contributed by atoms with Crippen molar-refractivity contribution in [2.24, 2.45) is 11.5 Å².